The number of rotatable bonds is 4. The molecule has 2 rings (SSSR count). The zero-order chi connectivity index (χ0) is 13.0. The van der Waals surface area contributed by atoms with E-state index in [9.17, 15) is 4.79 Å². The van der Waals surface area contributed by atoms with Crippen molar-refractivity contribution >= 4 is 5.91 Å². The lowest BCUT2D eigenvalue weighted by molar-refractivity contribution is -0.119. The highest BCUT2D eigenvalue weighted by Crippen LogP contribution is 2.11. The van der Waals surface area contributed by atoms with E-state index in [1.165, 1.54) is 0 Å². The predicted molar refractivity (Wildman–Crippen MR) is 67.0 cm³/mol. The highest BCUT2D eigenvalue weighted by molar-refractivity contribution is 5.77. The molecule has 0 radical (unpaired) electrons. The fourth-order valence-electron chi connectivity index (χ4n) is 1.58. The van der Waals surface area contributed by atoms with Crippen LogP contribution in [0, 0.1) is 6.92 Å². The number of benzene rings is 1. The summed E-state index contributed by atoms with van der Waals surface area (Å²) in [5.74, 6) is -0.208. The van der Waals surface area contributed by atoms with Crippen LogP contribution >= 0.6 is 0 Å². The Morgan fingerprint density at radius 3 is 2.94 bits per heavy atom. The highest BCUT2D eigenvalue weighted by Gasteiger charge is 2.05. The quantitative estimate of drug-likeness (QED) is 0.803. The number of amides is 1. The Labute approximate surface area is 105 Å². The number of nitrogens with two attached hydrogens (primary N) is 1. The zero-order valence-corrected chi connectivity index (χ0v) is 10.1. The summed E-state index contributed by atoms with van der Waals surface area (Å²) in [6.45, 7) is 2.32. The molecule has 94 valence electrons. The largest absolute Gasteiger partial charge is 0.349 e. The van der Waals surface area contributed by atoms with Crippen molar-refractivity contribution in [3.8, 4) is 5.69 Å². The maximum absolute atomic E-state index is 11.0. The second-order valence-corrected chi connectivity index (χ2v) is 3.92. The summed E-state index contributed by atoms with van der Waals surface area (Å²) in [4.78, 5) is 11.0. The van der Waals surface area contributed by atoms with Gasteiger partial charge in [0.25, 0.3) is 0 Å². The van der Waals surface area contributed by atoms with Crippen LogP contribution in [0.4, 0.5) is 0 Å². The predicted octanol–water partition coefficient (Wildman–Crippen LogP) is 0.151. The number of aryl methyl sites for hydroxylation is 1. The monoisotopic (exact) mass is 245 g/mol. The minimum atomic E-state index is -0.208. The molecule has 0 atom stereocenters. The maximum atomic E-state index is 11.0. The Bertz CT molecular complexity index is 549. The first kappa shape index (κ1) is 12.3. The summed E-state index contributed by atoms with van der Waals surface area (Å²) in [5, 5.41) is 10.7. The Kier molecular flexibility index (Phi) is 3.69. The van der Waals surface area contributed by atoms with Gasteiger partial charge < -0.3 is 11.1 Å². The van der Waals surface area contributed by atoms with E-state index in [4.69, 9.17) is 5.73 Å². The van der Waals surface area contributed by atoms with Crippen molar-refractivity contribution in [2.75, 3.05) is 6.54 Å². The van der Waals surface area contributed by atoms with Crippen LogP contribution < -0.4 is 11.1 Å². The van der Waals surface area contributed by atoms with Crippen molar-refractivity contribution in [3.05, 3.63) is 41.7 Å². The molecule has 0 bridgehead atoms. The molecule has 6 heteroatoms. The molecule has 3 N–H and O–H groups in total. The maximum Gasteiger partial charge on any atom is 0.234 e. The van der Waals surface area contributed by atoms with Gasteiger partial charge in [-0.15, -0.1) is 5.10 Å². The average molecular weight is 245 g/mol. The molecule has 18 heavy (non-hydrogen) atoms. The van der Waals surface area contributed by atoms with E-state index in [0.717, 1.165) is 11.3 Å². The summed E-state index contributed by atoms with van der Waals surface area (Å²) in [6.07, 6.45) is 1.79. The molecule has 1 aromatic heterocycles. The number of carbonyl (C=O) groups is 1. The van der Waals surface area contributed by atoms with Gasteiger partial charge in [-0.2, -0.15) is 0 Å². The molecular formula is C12H15N5O. The number of nitrogens with one attached hydrogen (secondary N) is 1. The minimum Gasteiger partial charge on any atom is -0.349 e. The smallest absolute Gasteiger partial charge is 0.234 e. The normalized spacial score (nSPS) is 10.3. The molecule has 0 aliphatic heterocycles. The Balaban J connectivity index is 2.11. The van der Waals surface area contributed by atoms with Crippen LogP contribution in [0.2, 0.25) is 0 Å². The van der Waals surface area contributed by atoms with Crippen molar-refractivity contribution in [1.29, 1.82) is 0 Å². The fourth-order valence-corrected chi connectivity index (χ4v) is 1.58. The second kappa shape index (κ2) is 5.42. The van der Waals surface area contributed by atoms with E-state index < -0.39 is 0 Å². The lowest BCUT2D eigenvalue weighted by atomic mass is 10.2. The molecule has 1 aromatic carbocycles. The number of nitrogens with zero attached hydrogens (tertiary/aromatic N) is 3. The summed E-state index contributed by atoms with van der Waals surface area (Å²) < 4.78 is 1.69. The van der Waals surface area contributed by atoms with E-state index in [-0.39, 0.29) is 12.5 Å². The van der Waals surface area contributed by atoms with E-state index >= 15 is 0 Å². The van der Waals surface area contributed by atoms with Crippen LogP contribution in [0.3, 0.4) is 0 Å². The summed E-state index contributed by atoms with van der Waals surface area (Å²) in [5.41, 5.74) is 7.98. The van der Waals surface area contributed by atoms with Crippen LogP contribution in [-0.4, -0.2) is 27.4 Å². The molecule has 0 aliphatic carbocycles. The molecule has 0 saturated carbocycles. The first-order valence-electron chi connectivity index (χ1n) is 5.64. The van der Waals surface area contributed by atoms with Gasteiger partial charge in [0.05, 0.1) is 25.0 Å². The van der Waals surface area contributed by atoms with Crippen molar-refractivity contribution < 1.29 is 4.79 Å². The lowest BCUT2D eigenvalue weighted by Crippen LogP contribution is -2.29. The Hall–Kier alpha value is -2.21. The van der Waals surface area contributed by atoms with Crippen molar-refractivity contribution in [2.24, 2.45) is 5.73 Å². The van der Waals surface area contributed by atoms with Gasteiger partial charge in [0, 0.05) is 0 Å². The minimum absolute atomic E-state index is 0.0219. The van der Waals surface area contributed by atoms with Crippen molar-refractivity contribution in [1.82, 2.24) is 20.3 Å². The number of hydrogen-bond donors (Lipinski definition) is 2. The molecule has 0 saturated heterocycles. The van der Waals surface area contributed by atoms with Crippen molar-refractivity contribution in [3.63, 3.8) is 0 Å². The molecular weight excluding hydrogens is 230 g/mol. The van der Waals surface area contributed by atoms with Crippen LogP contribution in [-0.2, 0) is 11.3 Å². The summed E-state index contributed by atoms with van der Waals surface area (Å²) in [7, 11) is 0. The van der Waals surface area contributed by atoms with E-state index in [2.05, 4.69) is 15.6 Å². The topological polar surface area (TPSA) is 85.8 Å². The molecule has 0 fully saturated rings. The number of carbonyl (C=O) groups excluding carboxylic acids is 1. The summed E-state index contributed by atoms with van der Waals surface area (Å²) >= 11 is 0. The van der Waals surface area contributed by atoms with Gasteiger partial charge in [0.2, 0.25) is 5.91 Å². The molecule has 6 nitrogen and oxygen atoms in total. The van der Waals surface area contributed by atoms with Gasteiger partial charge in [-0.25, -0.2) is 4.68 Å². The van der Waals surface area contributed by atoms with Gasteiger partial charge in [0.15, 0.2) is 0 Å². The molecule has 1 heterocycles. The number of aromatic nitrogens is 3. The van der Waals surface area contributed by atoms with Gasteiger partial charge in [0.1, 0.15) is 5.69 Å². The zero-order valence-electron chi connectivity index (χ0n) is 10.1. The second-order valence-electron chi connectivity index (χ2n) is 3.92. The Morgan fingerprint density at radius 2 is 2.22 bits per heavy atom. The Morgan fingerprint density at radius 1 is 1.44 bits per heavy atom. The van der Waals surface area contributed by atoms with Crippen LogP contribution in [0.25, 0.3) is 5.69 Å². The average Bonchev–Trinajstić information content (AvgIpc) is 2.85. The fraction of sp³-hybridized carbons (Fsp3) is 0.250. The third-order valence-electron chi connectivity index (χ3n) is 2.56. The number of para-hydroxylation sites is 1. The third-order valence-corrected chi connectivity index (χ3v) is 2.56. The van der Waals surface area contributed by atoms with Gasteiger partial charge in [-0.3, -0.25) is 4.79 Å². The third kappa shape index (κ3) is 2.72. The van der Waals surface area contributed by atoms with E-state index in [0.29, 0.717) is 12.2 Å². The lowest BCUT2D eigenvalue weighted by Gasteiger charge is -2.03. The van der Waals surface area contributed by atoms with Crippen LogP contribution in [0.5, 0.6) is 0 Å². The standard InChI is InChI=1S/C12H15N5O/c1-9-4-2-3-5-11(9)17-8-10(15-16-17)7-14-12(18)6-13/h2-5,8H,6-7,13H2,1H3,(H,14,18). The SMILES string of the molecule is Cc1ccccc1-n1cc(CNC(=O)CN)nn1. The van der Waals surface area contributed by atoms with E-state index in [1.54, 1.807) is 10.9 Å². The van der Waals surface area contributed by atoms with Crippen molar-refractivity contribution in [2.45, 2.75) is 13.5 Å². The van der Waals surface area contributed by atoms with Crippen LogP contribution in [0.15, 0.2) is 30.5 Å². The first-order valence-corrected chi connectivity index (χ1v) is 5.64. The summed E-state index contributed by atoms with van der Waals surface area (Å²) in [6, 6.07) is 7.89. The molecule has 1 amide bonds. The molecule has 0 spiro atoms. The van der Waals surface area contributed by atoms with Gasteiger partial charge in [-0.1, -0.05) is 23.4 Å². The number of hydrogen-bond acceptors (Lipinski definition) is 4. The van der Waals surface area contributed by atoms with Crippen LogP contribution in [0.1, 0.15) is 11.3 Å². The van der Waals surface area contributed by atoms with E-state index in [1.807, 2.05) is 31.2 Å². The van der Waals surface area contributed by atoms with Gasteiger partial charge >= 0.3 is 0 Å². The first-order chi connectivity index (χ1) is 8.70. The molecule has 0 unspecified atom stereocenters. The molecule has 0 aliphatic rings. The molecule has 2 aromatic rings. The highest BCUT2D eigenvalue weighted by atomic mass is 16.1. The van der Waals surface area contributed by atoms with Gasteiger partial charge in [-0.05, 0) is 18.6 Å².